The largest absolute Gasteiger partial charge is 0.493 e. The van der Waals surface area contributed by atoms with E-state index in [1.807, 2.05) is 59.8 Å². The van der Waals surface area contributed by atoms with Crippen molar-refractivity contribution in [1.82, 2.24) is 0 Å². The van der Waals surface area contributed by atoms with Crippen LogP contribution in [-0.2, 0) is 9.59 Å². The fraction of sp³-hybridized carbons (Fsp3) is 0.115. The van der Waals surface area contributed by atoms with Crippen molar-refractivity contribution >= 4 is 63.5 Å². The van der Waals surface area contributed by atoms with Gasteiger partial charge in [-0.1, -0.05) is 41.9 Å². The van der Waals surface area contributed by atoms with Crippen LogP contribution in [0.2, 0.25) is 5.02 Å². The van der Waals surface area contributed by atoms with E-state index < -0.39 is 5.91 Å². The molecule has 0 aliphatic rings. The number of para-hydroxylation sites is 2. The van der Waals surface area contributed by atoms with Crippen molar-refractivity contribution in [3.05, 3.63) is 86.0 Å². The second-order valence-corrected chi connectivity index (χ2v) is 8.86. The first kappa shape index (κ1) is 26.1. The van der Waals surface area contributed by atoms with E-state index in [2.05, 4.69) is 10.6 Å². The Morgan fingerprint density at radius 2 is 1.77 bits per heavy atom. The number of methoxy groups -OCH3 is 1. The van der Waals surface area contributed by atoms with E-state index in [0.717, 1.165) is 5.56 Å². The quantitative estimate of drug-likeness (QED) is 0.192. The zero-order valence-electron chi connectivity index (χ0n) is 18.9. The molecule has 3 aromatic rings. The SMILES string of the molecule is COc1cc(/C=C(\C#N)C(=O)Nc2ccccc2Cl)cc(I)c1OCC(=O)Nc1ccccc1C. The highest BCUT2D eigenvalue weighted by atomic mass is 127. The number of carbonyl (C=O) groups excluding carboxylic acids is 2. The van der Waals surface area contributed by atoms with Crippen molar-refractivity contribution in [1.29, 1.82) is 5.26 Å². The third-order valence-corrected chi connectivity index (χ3v) is 5.95. The van der Waals surface area contributed by atoms with Gasteiger partial charge >= 0.3 is 0 Å². The van der Waals surface area contributed by atoms with Crippen LogP contribution in [0.5, 0.6) is 11.5 Å². The molecule has 0 saturated carbocycles. The first-order valence-corrected chi connectivity index (χ1v) is 11.8. The summed E-state index contributed by atoms with van der Waals surface area (Å²) < 4.78 is 11.8. The van der Waals surface area contributed by atoms with Crippen molar-refractivity contribution in [3.8, 4) is 17.6 Å². The highest BCUT2D eigenvalue weighted by Crippen LogP contribution is 2.35. The van der Waals surface area contributed by atoms with E-state index in [1.165, 1.54) is 13.2 Å². The predicted octanol–water partition coefficient (Wildman–Crippen LogP) is 5.82. The molecule has 0 unspecified atom stereocenters. The fourth-order valence-electron chi connectivity index (χ4n) is 3.07. The predicted molar refractivity (Wildman–Crippen MR) is 145 cm³/mol. The van der Waals surface area contributed by atoms with Crippen LogP contribution < -0.4 is 20.1 Å². The second-order valence-electron chi connectivity index (χ2n) is 7.29. The summed E-state index contributed by atoms with van der Waals surface area (Å²) in [6.07, 6.45) is 1.44. The van der Waals surface area contributed by atoms with Crippen molar-refractivity contribution in [2.45, 2.75) is 6.92 Å². The molecule has 35 heavy (non-hydrogen) atoms. The number of hydrogen-bond donors (Lipinski definition) is 2. The third kappa shape index (κ3) is 6.97. The van der Waals surface area contributed by atoms with Gasteiger partial charge in [0.15, 0.2) is 18.1 Å². The van der Waals surface area contributed by atoms with Crippen LogP contribution in [-0.4, -0.2) is 25.5 Å². The minimum Gasteiger partial charge on any atom is -0.493 e. The molecule has 3 rings (SSSR count). The van der Waals surface area contributed by atoms with Gasteiger partial charge in [-0.05, 0) is 77.0 Å². The Bertz CT molecular complexity index is 1330. The topological polar surface area (TPSA) is 100 Å². The van der Waals surface area contributed by atoms with Gasteiger partial charge in [0.2, 0.25) is 0 Å². The smallest absolute Gasteiger partial charge is 0.266 e. The minimum atomic E-state index is -0.595. The van der Waals surface area contributed by atoms with Gasteiger partial charge in [0.25, 0.3) is 11.8 Å². The highest BCUT2D eigenvalue weighted by Gasteiger charge is 2.16. The van der Waals surface area contributed by atoms with Crippen LogP contribution in [0.3, 0.4) is 0 Å². The summed E-state index contributed by atoms with van der Waals surface area (Å²) in [6, 6.07) is 19.4. The lowest BCUT2D eigenvalue weighted by Crippen LogP contribution is -2.21. The van der Waals surface area contributed by atoms with Crippen LogP contribution in [0.15, 0.2) is 66.2 Å². The van der Waals surface area contributed by atoms with Crippen molar-refractivity contribution in [2.75, 3.05) is 24.4 Å². The summed E-state index contributed by atoms with van der Waals surface area (Å²) in [5.41, 5.74) is 2.49. The van der Waals surface area contributed by atoms with Gasteiger partial charge in [-0.25, -0.2) is 0 Å². The Labute approximate surface area is 221 Å². The van der Waals surface area contributed by atoms with E-state index in [9.17, 15) is 14.9 Å². The van der Waals surface area contributed by atoms with Crippen LogP contribution >= 0.6 is 34.2 Å². The lowest BCUT2D eigenvalue weighted by molar-refractivity contribution is -0.118. The molecular weight excluding hydrogens is 581 g/mol. The maximum Gasteiger partial charge on any atom is 0.266 e. The van der Waals surface area contributed by atoms with Crippen LogP contribution in [0.25, 0.3) is 6.08 Å². The number of nitrogens with one attached hydrogen (secondary N) is 2. The van der Waals surface area contributed by atoms with Crippen LogP contribution in [0.4, 0.5) is 11.4 Å². The highest BCUT2D eigenvalue weighted by molar-refractivity contribution is 14.1. The average Bonchev–Trinajstić information content (AvgIpc) is 2.84. The van der Waals surface area contributed by atoms with Crippen LogP contribution in [0, 0.1) is 21.8 Å². The van der Waals surface area contributed by atoms with Gasteiger partial charge in [-0.3, -0.25) is 9.59 Å². The maximum absolute atomic E-state index is 12.6. The standard InChI is InChI=1S/C26H21ClIN3O4/c1-16-7-3-5-9-21(16)30-24(32)15-35-25-20(28)12-17(13-23(25)34-2)11-18(14-29)26(33)31-22-10-6-4-8-19(22)27/h3-13H,15H2,1-2H3,(H,30,32)(H,31,33)/b18-11+. The molecule has 0 heterocycles. The number of nitriles is 1. The van der Waals surface area contributed by atoms with Gasteiger partial charge in [0.1, 0.15) is 11.6 Å². The van der Waals surface area contributed by atoms with E-state index in [1.54, 1.807) is 36.4 Å². The molecular formula is C26H21ClIN3O4. The van der Waals surface area contributed by atoms with Crippen molar-refractivity contribution in [2.24, 2.45) is 0 Å². The summed E-state index contributed by atoms with van der Waals surface area (Å²) in [5, 5.41) is 15.3. The molecule has 178 valence electrons. The molecule has 9 heteroatoms. The number of ether oxygens (including phenoxy) is 2. The van der Waals surface area contributed by atoms with Gasteiger partial charge in [-0.15, -0.1) is 0 Å². The summed E-state index contributed by atoms with van der Waals surface area (Å²) in [7, 11) is 1.47. The number of amides is 2. The summed E-state index contributed by atoms with van der Waals surface area (Å²) in [6.45, 7) is 1.68. The minimum absolute atomic E-state index is 0.117. The zero-order chi connectivity index (χ0) is 25.4. The average molecular weight is 602 g/mol. The molecule has 0 spiro atoms. The number of rotatable bonds is 8. The monoisotopic (exact) mass is 601 g/mol. The van der Waals surface area contributed by atoms with Gasteiger partial charge in [0, 0.05) is 5.69 Å². The molecule has 0 atom stereocenters. The number of halogens is 2. The molecule has 7 nitrogen and oxygen atoms in total. The number of benzene rings is 3. The maximum atomic E-state index is 12.6. The number of carbonyl (C=O) groups is 2. The molecule has 0 aliphatic heterocycles. The summed E-state index contributed by atoms with van der Waals surface area (Å²) >= 11 is 8.13. The Kier molecular flexibility index (Phi) is 9.11. The van der Waals surface area contributed by atoms with Gasteiger partial charge < -0.3 is 20.1 Å². The first-order chi connectivity index (χ1) is 16.8. The summed E-state index contributed by atoms with van der Waals surface area (Å²) in [5.74, 6) is -0.174. The Morgan fingerprint density at radius 3 is 2.43 bits per heavy atom. The number of hydrogen-bond acceptors (Lipinski definition) is 5. The van der Waals surface area contributed by atoms with E-state index in [0.29, 0.717) is 37.0 Å². The number of aryl methyl sites for hydroxylation is 1. The Morgan fingerprint density at radius 1 is 1.09 bits per heavy atom. The Balaban J connectivity index is 1.75. The summed E-state index contributed by atoms with van der Waals surface area (Å²) in [4.78, 5) is 25.0. The fourth-order valence-corrected chi connectivity index (χ4v) is 4.03. The third-order valence-electron chi connectivity index (χ3n) is 4.82. The van der Waals surface area contributed by atoms with Crippen molar-refractivity contribution in [3.63, 3.8) is 0 Å². The molecule has 0 saturated heterocycles. The molecule has 0 bridgehead atoms. The van der Waals surface area contributed by atoms with Crippen molar-refractivity contribution < 1.29 is 19.1 Å². The second kappa shape index (κ2) is 12.2. The lowest BCUT2D eigenvalue weighted by atomic mass is 10.1. The van der Waals surface area contributed by atoms with E-state index in [4.69, 9.17) is 21.1 Å². The molecule has 0 fully saturated rings. The first-order valence-electron chi connectivity index (χ1n) is 10.4. The van der Waals surface area contributed by atoms with E-state index in [-0.39, 0.29) is 18.1 Å². The molecule has 0 aliphatic carbocycles. The van der Waals surface area contributed by atoms with E-state index >= 15 is 0 Å². The normalized spacial score (nSPS) is 10.8. The lowest BCUT2D eigenvalue weighted by Gasteiger charge is -2.14. The molecule has 3 aromatic carbocycles. The van der Waals surface area contributed by atoms with Gasteiger partial charge in [0.05, 0.1) is 21.4 Å². The molecule has 2 N–H and O–H groups in total. The molecule has 0 aromatic heterocycles. The molecule has 0 radical (unpaired) electrons. The Hall–Kier alpha value is -3.55. The molecule has 2 amide bonds. The zero-order valence-corrected chi connectivity index (χ0v) is 21.8. The van der Waals surface area contributed by atoms with Crippen LogP contribution in [0.1, 0.15) is 11.1 Å². The number of anilines is 2. The van der Waals surface area contributed by atoms with Gasteiger partial charge in [-0.2, -0.15) is 5.26 Å². The number of nitrogens with zero attached hydrogens (tertiary/aromatic N) is 1.